The van der Waals surface area contributed by atoms with Crippen LogP contribution in [0.4, 0.5) is 0 Å². The molecule has 0 radical (unpaired) electrons. The van der Waals surface area contributed by atoms with E-state index in [1.807, 2.05) is 60.9 Å². The van der Waals surface area contributed by atoms with Gasteiger partial charge in [0.1, 0.15) is 0 Å². The summed E-state index contributed by atoms with van der Waals surface area (Å²) in [7, 11) is 0. The fourth-order valence-corrected chi connectivity index (χ4v) is 2.50. The quantitative estimate of drug-likeness (QED) is 0.834. The number of thioether (sulfide) groups is 1. The van der Waals surface area contributed by atoms with E-state index in [1.165, 1.54) is 0 Å². The van der Waals surface area contributed by atoms with Gasteiger partial charge in [-0.3, -0.25) is 4.79 Å². The highest BCUT2D eigenvalue weighted by molar-refractivity contribution is 7.98. The number of nitrogens with zero attached hydrogens (tertiary/aromatic N) is 1. The Morgan fingerprint density at radius 1 is 1.10 bits per heavy atom. The molecule has 0 aliphatic carbocycles. The molecule has 4 heteroatoms. The molecular formula is C17H19NO2S. The summed E-state index contributed by atoms with van der Waals surface area (Å²) in [5.74, 6) is -0.0550. The molecule has 0 spiro atoms. The summed E-state index contributed by atoms with van der Waals surface area (Å²) in [5.41, 5.74) is 1.71. The van der Waals surface area contributed by atoms with Gasteiger partial charge in [0.2, 0.25) is 0 Å². The van der Waals surface area contributed by atoms with Crippen molar-refractivity contribution in [1.29, 1.82) is 0 Å². The fraction of sp³-hybridized carbons (Fsp3) is 0.235. The summed E-state index contributed by atoms with van der Waals surface area (Å²) in [4.78, 5) is 15.3. The summed E-state index contributed by atoms with van der Waals surface area (Å²) >= 11 is 1.65. The lowest BCUT2D eigenvalue weighted by Gasteiger charge is -2.22. The number of aliphatic hydroxyl groups is 1. The van der Waals surface area contributed by atoms with Crippen LogP contribution in [0.15, 0.2) is 59.5 Å². The molecule has 1 amide bonds. The second kappa shape index (κ2) is 7.86. The Kier molecular flexibility index (Phi) is 5.84. The van der Waals surface area contributed by atoms with Crippen molar-refractivity contribution in [2.24, 2.45) is 0 Å². The molecule has 0 saturated carbocycles. The summed E-state index contributed by atoms with van der Waals surface area (Å²) < 4.78 is 0. The van der Waals surface area contributed by atoms with Crippen molar-refractivity contribution in [3.63, 3.8) is 0 Å². The van der Waals surface area contributed by atoms with E-state index in [4.69, 9.17) is 0 Å². The van der Waals surface area contributed by atoms with Crippen molar-refractivity contribution in [3.05, 3.63) is 65.7 Å². The first-order valence-corrected chi connectivity index (χ1v) is 8.05. The maximum atomic E-state index is 12.5. The lowest BCUT2D eigenvalue weighted by atomic mass is 10.1. The first-order valence-electron chi connectivity index (χ1n) is 6.82. The van der Waals surface area contributed by atoms with Crippen LogP contribution in [0.5, 0.6) is 0 Å². The van der Waals surface area contributed by atoms with Crippen molar-refractivity contribution in [1.82, 2.24) is 4.90 Å². The smallest absolute Gasteiger partial charge is 0.254 e. The molecule has 0 aliphatic heterocycles. The highest BCUT2D eigenvalue weighted by atomic mass is 32.2. The van der Waals surface area contributed by atoms with E-state index >= 15 is 0 Å². The van der Waals surface area contributed by atoms with Crippen molar-refractivity contribution in [3.8, 4) is 0 Å². The van der Waals surface area contributed by atoms with E-state index in [-0.39, 0.29) is 12.5 Å². The van der Waals surface area contributed by atoms with Gasteiger partial charge in [0.15, 0.2) is 0 Å². The Hall–Kier alpha value is -1.78. The molecule has 0 atom stereocenters. The van der Waals surface area contributed by atoms with Gasteiger partial charge in [-0.2, -0.15) is 0 Å². The molecule has 110 valence electrons. The van der Waals surface area contributed by atoms with Crippen molar-refractivity contribution < 1.29 is 9.90 Å². The Labute approximate surface area is 129 Å². The van der Waals surface area contributed by atoms with Gasteiger partial charge < -0.3 is 10.0 Å². The van der Waals surface area contributed by atoms with Crippen molar-refractivity contribution in [2.45, 2.75) is 11.4 Å². The predicted octanol–water partition coefficient (Wildman–Crippen LogP) is 3.04. The van der Waals surface area contributed by atoms with Gasteiger partial charge in [-0.15, -0.1) is 11.8 Å². The standard InChI is InChI=1S/C17H19NO2S/c1-21-16-9-7-15(8-10-16)17(20)18(11-12-19)13-14-5-3-2-4-6-14/h2-10,19H,11-13H2,1H3. The molecule has 0 unspecified atom stereocenters. The third-order valence-corrected chi connectivity index (χ3v) is 3.95. The van der Waals surface area contributed by atoms with Gasteiger partial charge in [-0.05, 0) is 36.1 Å². The molecule has 2 aromatic rings. The first kappa shape index (κ1) is 15.6. The number of aliphatic hydroxyl groups excluding tert-OH is 1. The van der Waals surface area contributed by atoms with Crippen molar-refractivity contribution in [2.75, 3.05) is 19.4 Å². The lowest BCUT2D eigenvalue weighted by molar-refractivity contribution is 0.0708. The van der Waals surface area contributed by atoms with Gasteiger partial charge >= 0.3 is 0 Å². The molecule has 1 N–H and O–H groups in total. The van der Waals surface area contributed by atoms with Crippen LogP contribution in [0.1, 0.15) is 15.9 Å². The van der Waals surface area contributed by atoms with Crippen LogP contribution >= 0.6 is 11.8 Å². The average Bonchev–Trinajstić information content (AvgIpc) is 2.55. The zero-order valence-electron chi connectivity index (χ0n) is 12.0. The first-order chi connectivity index (χ1) is 10.2. The van der Waals surface area contributed by atoms with Crippen LogP contribution in [-0.4, -0.2) is 35.3 Å². The molecule has 0 heterocycles. The second-order valence-corrected chi connectivity index (χ2v) is 5.54. The van der Waals surface area contributed by atoms with Gasteiger partial charge in [-0.25, -0.2) is 0 Å². The molecule has 0 bridgehead atoms. The molecule has 0 aliphatic rings. The van der Waals surface area contributed by atoms with E-state index in [0.29, 0.717) is 18.7 Å². The summed E-state index contributed by atoms with van der Waals surface area (Å²) in [6.45, 7) is 0.796. The van der Waals surface area contributed by atoms with Crippen LogP contribution < -0.4 is 0 Å². The van der Waals surface area contributed by atoms with Gasteiger partial charge in [0, 0.05) is 23.5 Å². The number of amides is 1. The van der Waals surface area contributed by atoms with Crippen LogP contribution in [0.3, 0.4) is 0 Å². The maximum absolute atomic E-state index is 12.5. The molecule has 2 aromatic carbocycles. The number of carbonyl (C=O) groups excluding carboxylic acids is 1. The number of benzene rings is 2. The highest BCUT2D eigenvalue weighted by Gasteiger charge is 2.15. The minimum Gasteiger partial charge on any atom is -0.395 e. The lowest BCUT2D eigenvalue weighted by Crippen LogP contribution is -2.33. The zero-order chi connectivity index (χ0) is 15.1. The fourth-order valence-electron chi connectivity index (χ4n) is 2.09. The molecule has 0 aromatic heterocycles. The zero-order valence-corrected chi connectivity index (χ0v) is 12.8. The van der Waals surface area contributed by atoms with Crippen LogP contribution in [0.2, 0.25) is 0 Å². The molecule has 0 fully saturated rings. The maximum Gasteiger partial charge on any atom is 0.254 e. The highest BCUT2D eigenvalue weighted by Crippen LogP contribution is 2.16. The number of carbonyl (C=O) groups is 1. The molecule has 21 heavy (non-hydrogen) atoms. The molecule has 3 nitrogen and oxygen atoms in total. The topological polar surface area (TPSA) is 40.5 Å². The van der Waals surface area contributed by atoms with Crippen molar-refractivity contribution >= 4 is 17.7 Å². The Morgan fingerprint density at radius 3 is 2.33 bits per heavy atom. The third kappa shape index (κ3) is 4.34. The molecular weight excluding hydrogens is 282 g/mol. The number of hydrogen-bond acceptors (Lipinski definition) is 3. The van der Waals surface area contributed by atoms with E-state index in [0.717, 1.165) is 10.5 Å². The second-order valence-electron chi connectivity index (χ2n) is 4.66. The minimum absolute atomic E-state index is 0.0402. The Balaban J connectivity index is 2.14. The predicted molar refractivity (Wildman–Crippen MR) is 86.5 cm³/mol. The van der Waals surface area contributed by atoms with E-state index in [1.54, 1.807) is 16.7 Å². The van der Waals surface area contributed by atoms with E-state index < -0.39 is 0 Å². The SMILES string of the molecule is CSc1ccc(C(=O)N(CCO)Cc2ccccc2)cc1. The summed E-state index contributed by atoms with van der Waals surface area (Å²) in [6.07, 6.45) is 2.00. The summed E-state index contributed by atoms with van der Waals surface area (Å²) in [6, 6.07) is 17.4. The molecule has 2 rings (SSSR count). The number of rotatable bonds is 6. The van der Waals surface area contributed by atoms with Crippen LogP contribution in [-0.2, 0) is 6.54 Å². The Bertz CT molecular complexity index is 569. The van der Waals surface area contributed by atoms with Gasteiger partial charge in [0.05, 0.1) is 6.61 Å². The van der Waals surface area contributed by atoms with Gasteiger partial charge in [-0.1, -0.05) is 30.3 Å². The van der Waals surface area contributed by atoms with Crippen LogP contribution in [0.25, 0.3) is 0 Å². The van der Waals surface area contributed by atoms with Crippen LogP contribution in [0, 0.1) is 0 Å². The van der Waals surface area contributed by atoms with E-state index in [9.17, 15) is 9.90 Å². The normalized spacial score (nSPS) is 10.4. The Morgan fingerprint density at radius 2 is 1.76 bits per heavy atom. The van der Waals surface area contributed by atoms with E-state index in [2.05, 4.69) is 0 Å². The number of hydrogen-bond donors (Lipinski definition) is 1. The molecule has 0 saturated heterocycles. The minimum atomic E-state index is -0.0550. The van der Waals surface area contributed by atoms with Gasteiger partial charge in [0.25, 0.3) is 5.91 Å². The third-order valence-electron chi connectivity index (χ3n) is 3.21. The monoisotopic (exact) mass is 301 g/mol. The largest absolute Gasteiger partial charge is 0.395 e. The average molecular weight is 301 g/mol. The summed E-state index contributed by atoms with van der Waals surface area (Å²) in [5, 5.41) is 9.20.